The number of hydrogen-bond donors (Lipinski definition) is 2. The highest BCUT2D eigenvalue weighted by molar-refractivity contribution is 5.76. The van der Waals surface area contributed by atoms with Crippen molar-refractivity contribution in [3.8, 4) is 5.75 Å². The molecule has 1 atom stereocenters. The van der Waals surface area contributed by atoms with Crippen LogP contribution in [0.4, 0.5) is 0 Å². The smallest absolute Gasteiger partial charge is 0.326 e. The van der Waals surface area contributed by atoms with Gasteiger partial charge in [0.1, 0.15) is 18.4 Å². The predicted octanol–water partition coefficient (Wildman–Crippen LogP) is 1.49. The lowest BCUT2D eigenvalue weighted by Crippen LogP contribution is -2.45. The number of esters is 1. The summed E-state index contributed by atoms with van der Waals surface area (Å²) in [6, 6.07) is 6.79. The van der Waals surface area contributed by atoms with Crippen LogP contribution in [-0.4, -0.2) is 36.4 Å². The molecule has 0 aliphatic rings. The zero-order chi connectivity index (χ0) is 15.0. The van der Waals surface area contributed by atoms with Crippen molar-refractivity contribution < 1.29 is 19.4 Å². The van der Waals surface area contributed by atoms with Gasteiger partial charge in [-0.1, -0.05) is 26.0 Å². The van der Waals surface area contributed by atoms with Gasteiger partial charge >= 0.3 is 5.97 Å². The quantitative estimate of drug-likeness (QED) is 0.707. The Balaban J connectivity index is 2.62. The van der Waals surface area contributed by atoms with Gasteiger partial charge in [0.2, 0.25) is 0 Å². The summed E-state index contributed by atoms with van der Waals surface area (Å²) < 4.78 is 10.6. The predicted molar refractivity (Wildman–Crippen MR) is 76.6 cm³/mol. The second-order valence-electron chi connectivity index (χ2n) is 4.74. The first kappa shape index (κ1) is 16.5. The normalized spacial score (nSPS) is 12.2. The van der Waals surface area contributed by atoms with E-state index in [9.17, 15) is 4.79 Å². The summed E-state index contributed by atoms with van der Waals surface area (Å²) in [7, 11) is 0. The van der Waals surface area contributed by atoms with Crippen molar-refractivity contribution in [2.75, 3.05) is 13.2 Å². The molecule has 5 nitrogen and oxygen atoms in total. The van der Waals surface area contributed by atoms with Crippen molar-refractivity contribution in [1.82, 2.24) is 5.32 Å². The van der Waals surface area contributed by atoms with Crippen molar-refractivity contribution in [3.05, 3.63) is 29.8 Å². The Labute approximate surface area is 119 Å². The van der Waals surface area contributed by atoms with Gasteiger partial charge in [0.25, 0.3) is 0 Å². The molecule has 0 heterocycles. The number of hydrogen-bond acceptors (Lipinski definition) is 5. The molecule has 0 bridgehead atoms. The van der Waals surface area contributed by atoms with Gasteiger partial charge in [-0.15, -0.1) is 0 Å². The summed E-state index contributed by atoms with van der Waals surface area (Å²) in [6.45, 7) is 6.18. The van der Waals surface area contributed by atoms with Crippen LogP contribution in [0, 0.1) is 0 Å². The van der Waals surface area contributed by atoms with E-state index < -0.39 is 6.04 Å². The molecule has 0 radical (unpaired) electrons. The van der Waals surface area contributed by atoms with Gasteiger partial charge in [0, 0.05) is 6.04 Å². The van der Waals surface area contributed by atoms with Crippen molar-refractivity contribution >= 4 is 5.97 Å². The number of benzene rings is 1. The Morgan fingerprint density at radius 1 is 1.40 bits per heavy atom. The first-order chi connectivity index (χ1) is 9.56. The molecule has 1 aromatic rings. The van der Waals surface area contributed by atoms with Crippen LogP contribution in [0.2, 0.25) is 0 Å². The van der Waals surface area contributed by atoms with Gasteiger partial charge < -0.3 is 14.6 Å². The van der Waals surface area contributed by atoms with E-state index in [2.05, 4.69) is 5.32 Å². The van der Waals surface area contributed by atoms with E-state index >= 15 is 0 Å². The lowest BCUT2D eigenvalue weighted by molar-refractivity contribution is -0.146. The highest BCUT2D eigenvalue weighted by Crippen LogP contribution is 2.13. The fourth-order valence-electron chi connectivity index (χ4n) is 1.74. The molecule has 112 valence electrons. The van der Waals surface area contributed by atoms with E-state index in [-0.39, 0.29) is 25.2 Å². The van der Waals surface area contributed by atoms with Gasteiger partial charge in [-0.25, -0.2) is 0 Å². The average molecular weight is 281 g/mol. The lowest BCUT2D eigenvalue weighted by atomic mass is 10.2. The minimum absolute atomic E-state index is 0.0389. The van der Waals surface area contributed by atoms with E-state index in [0.717, 1.165) is 5.56 Å². The summed E-state index contributed by atoms with van der Waals surface area (Å²) in [5.74, 6) is 0.302. The number of carbonyl (C=O) groups excluding carboxylic acids is 1. The van der Waals surface area contributed by atoms with Crippen molar-refractivity contribution in [3.63, 3.8) is 0 Å². The zero-order valence-electron chi connectivity index (χ0n) is 12.3. The molecule has 0 spiro atoms. The van der Waals surface area contributed by atoms with E-state index in [1.807, 2.05) is 19.9 Å². The number of ether oxygens (including phenoxy) is 2. The molecule has 1 aromatic carbocycles. The molecule has 20 heavy (non-hydrogen) atoms. The monoisotopic (exact) mass is 281 g/mol. The largest absolute Gasteiger partial charge is 0.491 e. The van der Waals surface area contributed by atoms with Crippen LogP contribution in [0.5, 0.6) is 5.75 Å². The van der Waals surface area contributed by atoms with E-state index in [1.165, 1.54) is 0 Å². The summed E-state index contributed by atoms with van der Waals surface area (Å²) >= 11 is 0. The second-order valence-corrected chi connectivity index (χ2v) is 4.74. The maximum absolute atomic E-state index is 11.8. The van der Waals surface area contributed by atoms with Crippen LogP contribution >= 0.6 is 0 Å². The van der Waals surface area contributed by atoms with Crippen LogP contribution in [-0.2, 0) is 16.1 Å². The topological polar surface area (TPSA) is 67.8 Å². The first-order valence-corrected chi connectivity index (χ1v) is 6.82. The molecule has 0 aliphatic heterocycles. The molecular weight excluding hydrogens is 258 g/mol. The highest BCUT2D eigenvalue weighted by atomic mass is 16.5. The standard InChI is InChI=1S/C15H23NO4/c1-4-19-15(18)14(16-11(2)3)10-20-13-7-5-6-12(8-13)9-17/h5-8,11,14,16-17H,4,9-10H2,1-3H3. The number of aliphatic hydroxyl groups is 1. The SMILES string of the molecule is CCOC(=O)C(COc1cccc(CO)c1)NC(C)C. The Morgan fingerprint density at radius 2 is 2.15 bits per heavy atom. The summed E-state index contributed by atoms with van der Waals surface area (Å²) in [5, 5.41) is 12.2. The van der Waals surface area contributed by atoms with Gasteiger partial charge in [-0.2, -0.15) is 0 Å². The zero-order valence-corrected chi connectivity index (χ0v) is 12.3. The average Bonchev–Trinajstić information content (AvgIpc) is 2.43. The van der Waals surface area contributed by atoms with Gasteiger partial charge in [-0.3, -0.25) is 10.1 Å². The maximum atomic E-state index is 11.8. The molecule has 2 N–H and O–H groups in total. The molecule has 0 amide bonds. The molecule has 1 rings (SSSR count). The first-order valence-electron chi connectivity index (χ1n) is 6.82. The Morgan fingerprint density at radius 3 is 2.75 bits per heavy atom. The van der Waals surface area contributed by atoms with Crippen LogP contribution in [0.25, 0.3) is 0 Å². The number of rotatable bonds is 8. The van der Waals surface area contributed by atoms with Gasteiger partial charge in [0.15, 0.2) is 0 Å². The molecule has 0 fully saturated rings. The summed E-state index contributed by atoms with van der Waals surface area (Å²) in [4.78, 5) is 11.8. The van der Waals surface area contributed by atoms with E-state index in [4.69, 9.17) is 14.6 Å². The third-order valence-corrected chi connectivity index (χ3v) is 2.60. The molecule has 1 unspecified atom stereocenters. The number of carbonyl (C=O) groups is 1. The molecule has 0 saturated carbocycles. The third kappa shape index (κ3) is 5.59. The minimum atomic E-state index is -0.507. The van der Waals surface area contributed by atoms with Gasteiger partial charge in [0.05, 0.1) is 13.2 Å². The van der Waals surface area contributed by atoms with E-state index in [1.54, 1.807) is 25.1 Å². The van der Waals surface area contributed by atoms with Crippen LogP contribution in [0.1, 0.15) is 26.3 Å². The molecule has 0 aromatic heterocycles. The van der Waals surface area contributed by atoms with Gasteiger partial charge in [-0.05, 0) is 24.6 Å². The molecule has 0 saturated heterocycles. The second kappa shape index (κ2) is 8.55. The molecular formula is C15H23NO4. The van der Waals surface area contributed by atoms with Crippen molar-refractivity contribution in [2.24, 2.45) is 0 Å². The number of aliphatic hydroxyl groups excluding tert-OH is 1. The van der Waals surface area contributed by atoms with Crippen molar-refractivity contribution in [1.29, 1.82) is 0 Å². The van der Waals surface area contributed by atoms with Crippen LogP contribution in [0.15, 0.2) is 24.3 Å². The van der Waals surface area contributed by atoms with E-state index in [0.29, 0.717) is 12.4 Å². The summed E-state index contributed by atoms with van der Waals surface area (Å²) in [5.41, 5.74) is 0.770. The number of nitrogens with one attached hydrogen (secondary N) is 1. The molecule has 5 heteroatoms. The Bertz CT molecular complexity index is 420. The Kier molecular flexibility index (Phi) is 7.04. The fraction of sp³-hybridized carbons (Fsp3) is 0.533. The molecule has 0 aliphatic carbocycles. The van der Waals surface area contributed by atoms with Crippen LogP contribution < -0.4 is 10.1 Å². The van der Waals surface area contributed by atoms with Crippen LogP contribution in [0.3, 0.4) is 0 Å². The fourth-order valence-corrected chi connectivity index (χ4v) is 1.74. The lowest BCUT2D eigenvalue weighted by Gasteiger charge is -2.20. The third-order valence-electron chi connectivity index (χ3n) is 2.60. The minimum Gasteiger partial charge on any atom is -0.491 e. The van der Waals surface area contributed by atoms with Crippen molar-refractivity contribution in [2.45, 2.75) is 39.5 Å². The summed E-state index contributed by atoms with van der Waals surface area (Å²) in [6.07, 6.45) is 0. The highest BCUT2D eigenvalue weighted by Gasteiger charge is 2.21. The Hall–Kier alpha value is -1.59. The maximum Gasteiger partial charge on any atom is 0.326 e.